The Kier molecular flexibility index (Phi) is 5.12. The first-order valence-corrected chi connectivity index (χ1v) is 7.12. The number of benzene rings is 1. The minimum Gasteiger partial charge on any atom is -0.497 e. The van der Waals surface area contributed by atoms with Gasteiger partial charge in [0.15, 0.2) is 0 Å². The number of ether oxygens (including phenoxy) is 1. The Labute approximate surface area is 131 Å². The van der Waals surface area contributed by atoms with Crippen LogP contribution in [-0.4, -0.2) is 43.1 Å². The lowest BCUT2D eigenvalue weighted by molar-refractivity contribution is -0.187. The van der Waals surface area contributed by atoms with Crippen molar-refractivity contribution < 1.29 is 27.5 Å². The third kappa shape index (κ3) is 4.37. The largest absolute Gasteiger partial charge is 0.497 e. The molecule has 126 valence electrons. The molecular weight excluding hydrogens is 313 g/mol. The number of nitrogens with one attached hydrogen (secondary N) is 1. The zero-order valence-corrected chi connectivity index (χ0v) is 12.5. The lowest BCUT2D eigenvalue weighted by Gasteiger charge is -2.32. The predicted molar refractivity (Wildman–Crippen MR) is 77.0 cm³/mol. The lowest BCUT2D eigenvalue weighted by Crippen LogP contribution is -2.48. The summed E-state index contributed by atoms with van der Waals surface area (Å²) in [5, 5.41) is 2.65. The summed E-state index contributed by atoms with van der Waals surface area (Å²) in [6.07, 6.45) is -4.11. The molecule has 1 fully saturated rings. The van der Waals surface area contributed by atoms with Crippen LogP contribution in [0.15, 0.2) is 24.3 Å². The van der Waals surface area contributed by atoms with Crippen LogP contribution in [0.5, 0.6) is 5.75 Å². The third-order valence-electron chi connectivity index (χ3n) is 3.66. The molecule has 8 heteroatoms. The van der Waals surface area contributed by atoms with Crippen molar-refractivity contribution in [2.45, 2.75) is 19.0 Å². The van der Waals surface area contributed by atoms with E-state index >= 15 is 0 Å². The van der Waals surface area contributed by atoms with Crippen molar-refractivity contribution in [3.05, 3.63) is 24.3 Å². The number of amides is 2. The summed E-state index contributed by atoms with van der Waals surface area (Å²) in [7, 11) is 1.49. The van der Waals surface area contributed by atoms with Crippen LogP contribution < -0.4 is 10.1 Å². The summed E-state index contributed by atoms with van der Waals surface area (Å²) in [6.45, 7) is -0.213. The fourth-order valence-corrected chi connectivity index (χ4v) is 2.50. The number of alkyl halides is 3. The minimum atomic E-state index is -4.91. The highest BCUT2D eigenvalue weighted by Gasteiger charge is 2.44. The van der Waals surface area contributed by atoms with Crippen molar-refractivity contribution in [3.63, 3.8) is 0 Å². The molecule has 0 saturated carbocycles. The van der Waals surface area contributed by atoms with Crippen LogP contribution in [0.1, 0.15) is 12.8 Å². The number of likely N-dealkylation sites (tertiary alicyclic amines) is 1. The van der Waals surface area contributed by atoms with E-state index in [9.17, 15) is 22.8 Å². The molecule has 2 amide bonds. The first-order chi connectivity index (χ1) is 10.8. The van der Waals surface area contributed by atoms with E-state index in [0.29, 0.717) is 29.2 Å². The Morgan fingerprint density at radius 3 is 2.74 bits per heavy atom. The second kappa shape index (κ2) is 6.89. The van der Waals surface area contributed by atoms with Gasteiger partial charge in [-0.1, -0.05) is 6.07 Å². The Balaban J connectivity index is 2.00. The summed E-state index contributed by atoms with van der Waals surface area (Å²) < 4.78 is 42.5. The van der Waals surface area contributed by atoms with Gasteiger partial charge < -0.3 is 15.0 Å². The number of piperidine rings is 1. The molecule has 1 unspecified atom stereocenters. The molecule has 1 aromatic rings. The van der Waals surface area contributed by atoms with Crippen LogP contribution in [0, 0.1) is 5.92 Å². The highest BCUT2D eigenvalue weighted by molar-refractivity contribution is 5.93. The molecule has 1 saturated heterocycles. The van der Waals surface area contributed by atoms with Crippen molar-refractivity contribution in [2.24, 2.45) is 5.92 Å². The maximum Gasteiger partial charge on any atom is 0.471 e. The highest BCUT2D eigenvalue weighted by atomic mass is 19.4. The number of hydrogen-bond donors (Lipinski definition) is 1. The average Bonchev–Trinajstić information content (AvgIpc) is 2.53. The number of carbonyl (C=O) groups is 2. The van der Waals surface area contributed by atoms with Gasteiger partial charge in [0, 0.05) is 24.8 Å². The fourth-order valence-electron chi connectivity index (χ4n) is 2.50. The smallest absolute Gasteiger partial charge is 0.471 e. The number of nitrogens with zero attached hydrogens (tertiary/aromatic N) is 1. The number of carbonyl (C=O) groups excluding carboxylic acids is 2. The van der Waals surface area contributed by atoms with E-state index in [0.717, 1.165) is 0 Å². The van der Waals surface area contributed by atoms with E-state index in [-0.39, 0.29) is 13.1 Å². The van der Waals surface area contributed by atoms with E-state index in [4.69, 9.17) is 4.74 Å². The molecule has 0 spiro atoms. The summed E-state index contributed by atoms with van der Waals surface area (Å²) in [5.41, 5.74) is 0.494. The van der Waals surface area contributed by atoms with E-state index in [1.54, 1.807) is 24.3 Å². The van der Waals surface area contributed by atoms with Gasteiger partial charge in [-0.05, 0) is 25.0 Å². The van der Waals surface area contributed by atoms with Crippen molar-refractivity contribution in [3.8, 4) is 5.75 Å². The maximum absolute atomic E-state index is 12.5. The van der Waals surface area contributed by atoms with E-state index in [1.807, 2.05) is 0 Å². The van der Waals surface area contributed by atoms with Crippen LogP contribution in [-0.2, 0) is 9.59 Å². The molecule has 0 bridgehead atoms. The van der Waals surface area contributed by atoms with Gasteiger partial charge in [0.2, 0.25) is 5.91 Å². The van der Waals surface area contributed by atoms with Crippen molar-refractivity contribution in [1.29, 1.82) is 0 Å². The molecule has 1 atom stereocenters. The Morgan fingerprint density at radius 2 is 2.09 bits per heavy atom. The Hall–Kier alpha value is -2.25. The van der Waals surface area contributed by atoms with Crippen LogP contribution in [0.3, 0.4) is 0 Å². The van der Waals surface area contributed by atoms with Gasteiger partial charge in [-0.2, -0.15) is 13.2 Å². The summed E-state index contributed by atoms with van der Waals surface area (Å²) >= 11 is 0. The molecule has 1 heterocycles. The van der Waals surface area contributed by atoms with E-state index in [2.05, 4.69) is 5.32 Å². The lowest BCUT2D eigenvalue weighted by atomic mass is 9.97. The predicted octanol–water partition coefficient (Wildman–Crippen LogP) is 2.43. The van der Waals surface area contributed by atoms with Crippen LogP contribution in [0.25, 0.3) is 0 Å². The van der Waals surface area contributed by atoms with E-state index in [1.165, 1.54) is 7.11 Å². The van der Waals surface area contributed by atoms with Gasteiger partial charge in [-0.3, -0.25) is 9.59 Å². The Morgan fingerprint density at radius 1 is 1.35 bits per heavy atom. The van der Waals surface area contributed by atoms with E-state index < -0.39 is 23.9 Å². The number of halogens is 3. The van der Waals surface area contributed by atoms with Gasteiger partial charge in [0.1, 0.15) is 5.75 Å². The molecule has 1 aromatic carbocycles. The molecule has 0 radical (unpaired) electrons. The highest BCUT2D eigenvalue weighted by Crippen LogP contribution is 2.25. The van der Waals surface area contributed by atoms with Crippen molar-refractivity contribution in [2.75, 3.05) is 25.5 Å². The number of rotatable bonds is 3. The normalized spacial score (nSPS) is 18.4. The summed E-state index contributed by atoms with van der Waals surface area (Å²) in [4.78, 5) is 24.2. The SMILES string of the molecule is COc1cccc(NC(=O)C2CCCN(C(=O)C(F)(F)F)C2)c1. The molecule has 0 aliphatic carbocycles. The molecule has 23 heavy (non-hydrogen) atoms. The molecule has 1 aliphatic heterocycles. The first-order valence-electron chi connectivity index (χ1n) is 7.12. The molecule has 2 rings (SSSR count). The molecule has 5 nitrogen and oxygen atoms in total. The van der Waals surface area contributed by atoms with Gasteiger partial charge in [0.05, 0.1) is 13.0 Å². The number of methoxy groups -OCH3 is 1. The second-order valence-electron chi connectivity index (χ2n) is 5.31. The molecule has 1 N–H and O–H groups in total. The van der Waals surface area contributed by atoms with Gasteiger partial charge >= 0.3 is 12.1 Å². The first kappa shape index (κ1) is 17.1. The molecule has 1 aliphatic rings. The number of anilines is 1. The second-order valence-corrected chi connectivity index (χ2v) is 5.31. The van der Waals surface area contributed by atoms with Crippen molar-refractivity contribution in [1.82, 2.24) is 4.90 Å². The average molecular weight is 330 g/mol. The quantitative estimate of drug-likeness (QED) is 0.926. The van der Waals surface area contributed by atoms with Gasteiger partial charge in [0.25, 0.3) is 0 Å². The van der Waals surface area contributed by atoms with Gasteiger partial charge in [-0.25, -0.2) is 0 Å². The minimum absolute atomic E-state index is 0.0152. The standard InChI is InChI=1S/C15H17F3N2O3/c1-23-12-6-2-5-11(8-12)19-13(21)10-4-3-7-20(9-10)14(22)15(16,17)18/h2,5-6,8,10H,3-4,7,9H2,1H3,(H,19,21). The van der Waals surface area contributed by atoms with Crippen LogP contribution in [0.4, 0.5) is 18.9 Å². The topological polar surface area (TPSA) is 58.6 Å². The molecule has 0 aromatic heterocycles. The monoisotopic (exact) mass is 330 g/mol. The fraction of sp³-hybridized carbons (Fsp3) is 0.467. The third-order valence-corrected chi connectivity index (χ3v) is 3.66. The van der Waals surface area contributed by atoms with Crippen LogP contribution >= 0.6 is 0 Å². The zero-order valence-electron chi connectivity index (χ0n) is 12.5. The van der Waals surface area contributed by atoms with Crippen molar-refractivity contribution >= 4 is 17.5 Å². The zero-order chi connectivity index (χ0) is 17.0. The Bertz CT molecular complexity index is 590. The maximum atomic E-state index is 12.5. The number of hydrogen-bond acceptors (Lipinski definition) is 3. The molecular formula is C15H17F3N2O3. The van der Waals surface area contributed by atoms with Crippen LogP contribution in [0.2, 0.25) is 0 Å². The summed E-state index contributed by atoms with van der Waals surface area (Å²) in [5.74, 6) is -2.41. The summed E-state index contributed by atoms with van der Waals surface area (Å²) in [6, 6.07) is 6.66. The van der Waals surface area contributed by atoms with Gasteiger partial charge in [-0.15, -0.1) is 0 Å².